The van der Waals surface area contributed by atoms with Crippen LogP contribution in [0.25, 0.3) is 0 Å². The van der Waals surface area contributed by atoms with Crippen LogP contribution in [0, 0.1) is 0 Å². The van der Waals surface area contributed by atoms with E-state index in [1.165, 1.54) is 17.0 Å². The molecule has 0 aliphatic carbocycles. The van der Waals surface area contributed by atoms with Crippen molar-refractivity contribution in [1.82, 2.24) is 0 Å². The van der Waals surface area contributed by atoms with Gasteiger partial charge < -0.3 is 15.7 Å². The molecule has 0 aromatic heterocycles. The van der Waals surface area contributed by atoms with Gasteiger partial charge in [0.15, 0.2) is 0 Å². The van der Waals surface area contributed by atoms with Gasteiger partial charge in [-0.2, -0.15) is 0 Å². The molecule has 5 nitrogen and oxygen atoms in total. The Morgan fingerprint density at radius 3 is 2.44 bits per heavy atom. The molecule has 0 saturated carbocycles. The highest BCUT2D eigenvalue weighted by Crippen LogP contribution is 2.15. The lowest BCUT2D eigenvalue weighted by atomic mass is 10.1. The van der Waals surface area contributed by atoms with Crippen LogP contribution in [0.15, 0.2) is 36.9 Å². The first-order chi connectivity index (χ1) is 8.47. The molecule has 1 aromatic carbocycles. The SMILES string of the molecule is C=CCC(N)C(=O)N(C)c1ccc(C(=O)O)cc1. The van der Waals surface area contributed by atoms with E-state index in [1.54, 1.807) is 25.3 Å². The van der Waals surface area contributed by atoms with Crippen molar-refractivity contribution in [3.8, 4) is 0 Å². The summed E-state index contributed by atoms with van der Waals surface area (Å²) < 4.78 is 0. The number of benzene rings is 1. The fraction of sp³-hybridized carbons (Fsp3) is 0.231. The van der Waals surface area contributed by atoms with Crippen LogP contribution < -0.4 is 10.6 Å². The van der Waals surface area contributed by atoms with Gasteiger partial charge in [-0.25, -0.2) is 4.79 Å². The molecule has 1 atom stereocenters. The van der Waals surface area contributed by atoms with Gasteiger partial charge in [0.1, 0.15) is 0 Å². The number of amides is 1. The van der Waals surface area contributed by atoms with Crippen LogP contribution in [0.2, 0.25) is 0 Å². The first-order valence-electron chi connectivity index (χ1n) is 5.44. The zero-order valence-corrected chi connectivity index (χ0v) is 10.2. The van der Waals surface area contributed by atoms with Crippen molar-refractivity contribution < 1.29 is 14.7 Å². The van der Waals surface area contributed by atoms with E-state index < -0.39 is 12.0 Å². The molecule has 0 bridgehead atoms. The number of hydrogen-bond acceptors (Lipinski definition) is 3. The molecule has 0 radical (unpaired) electrons. The molecule has 0 aliphatic heterocycles. The first kappa shape index (κ1) is 13.9. The minimum atomic E-state index is -1.00. The average molecular weight is 248 g/mol. The van der Waals surface area contributed by atoms with Gasteiger partial charge in [0, 0.05) is 12.7 Å². The van der Waals surface area contributed by atoms with E-state index in [2.05, 4.69) is 6.58 Å². The molecular weight excluding hydrogens is 232 g/mol. The number of carbonyl (C=O) groups is 2. The molecule has 0 aliphatic rings. The van der Waals surface area contributed by atoms with E-state index in [1.807, 2.05) is 0 Å². The Bertz CT molecular complexity index is 454. The maximum atomic E-state index is 11.9. The highest BCUT2D eigenvalue weighted by atomic mass is 16.4. The molecule has 0 spiro atoms. The normalized spacial score (nSPS) is 11.7. The second-order valence-corrected chi connectivity index (χ2v) is 3.88. The monoisotopic (exact) mass is 248 g/mol. The Balaban J connectivity index is 2.83. The predicted octanol–water partition coefficient (Wildman–Crippen LogP) is 1.25. The standard InChI is InChI=1S/C13H16N2O3/c1-3-4-11(14)12(16)15(2)10-7-5-9(6-8-10)13(17)18/h3,5-8,11H,1,4,14H2,2H3,(H,17,18). The molecule has 5 heteroatoms. The van der Waals surface area contributed by atoms with Gasteiger partial charge in [-0.3, -0.25) is 4.79 Å². The second-order valence-electron chi connectivity index (χ2n) is 3.88. The average Bonchev–Trinajstić information content (AvgIpc) is 2.37. The number of carboxylic acids is 1. The third kappa shape index (κ3) is 3.18. The van der Waals surface area contributed by atoms with Crippen LogP contribution in [-0.4, -0.2) is 30.1 Å². The summed E-state index contributed by atoms with van der Waals surface area (Å²) in [6, 6.07) is 5.40. The largest absolute Gasteiger partial charge is 0.478 e. The molecule has 1 aromatic rings. The number of anilines is 1. The van der Waals surface area contributed by atoms with Crippen LogP contribution in [0.3, 0.4) is 0 Å². The fourth-order valence-corrected chi connectivity index (χ4v) is 1.48. The summed E-state index contributed by atoms with van der Waals surface area (Å²) >= 11 is 0. The number of carboxylic acid groups (broad SMARTS) is 1. The summed E-state index contributed by atoms with van der Waals surface area (Å²) in [6.45, 7) is 3.53. The van der Waals surface area contributed by atoms with Crippen molar-refractivity contribution in [2.24, 2.45) is 5.73 Å². The Hall–Kier alpha value is -2.14. The molecule has 1 unspecified atom stereocenters. The molecule has 3 N–H and O–H groups in total. The van der Waals surface area contributed by atoms with Gasteiger partial charge >= 0.3 is 5.97 Å². The third-order valence-corrected chi connectivity index (χ3v) is 2.57. The number of rotatable bonds is 5. The second kappa shape index (κ2) is 5.97. The van der Waals surface area contributed by atoms with Gasteiger partial charge in [0.2, 0.25) is 5.91 Å². The van der Waals surface area contributed by atoms with Crippen molar-refractivity contribution >= 4 is 17.6 Å². The van der Waals surface area contributed by atoms with Crippen molar-refractivity contribution in [3.63, 3.8) is 0 Å². The van der Waals surface area contributed by atoms with Crippen LogP contribution in [0.5, 0.6) is 0 Å². The Labute approximate surface area is 106 Å². The first-order valence-corrected chi connectivity index (χ1v) is 5.44. The molecule has 1 rings (SSSR count). The van der Waals surface area contributed by atoms with Crippen molar-refractivity contribution in [2.45, 2.75) is 12.5 Å². The minimum absolute atomic E-state index is 0.176. The molecule has 96 valence electrons. The Morgan fingerprint density at radius 1 is 1.44 bits per heavy atom. The highest BCUT2D eigenvalue weighted by molar-refractivity contribution is 5.97. The summed E-state index contributed by atoms with van der Waals surface area (Å²) in [6.07, 6.45) is 1.99. The lowest BCUT2D eigenvalue weighted by molar-refractivity contribution is -0.119. The summed E-state index contributed by atoms with van der Waals surface area (Å²) in [5.41, 5.74) is 6.46. The zero-order chi connectivity index (χ0) is 13.7. The lowest BCUT2D eigenvalue weighted by Gasteiger charge is -2.20. The molecule has 0 saturated heterocycles. The third-order valence-electron chi connectivity index (χ3n) is 2.57. The minimum Gasteiger partial charge on any atom is -0.478 e. The smallest absolute Gasteiger partial charge is 0.335 e. The van der Waals surface area contributed by atoms with Crippen LogP contribution in [0.4, 0.5) is 5.69 Å². The van der Waals surface area contributed by atoms with E-state index in [0.717, 1.165) is 0 Å². The van der Waals surface area contributed by atoms with Gasteiger partial charge in [-0.15, -0.1) is 6.58 Å². The Kier molecular flexibility index (Phi) is 4.62. The maximum Gasteiger partial charge on any atom is 0.335 e. The van der Waals surface area contributed by atoms with Crippen LogP contribution in [-0.2, 0) is 4.79 Å². The fourth-order valence-electron chi connectivity index (χ4n) is 1.48. The lowest BCUT2D eigenvalue weighted by Crippen LogP contribution is -2.41. The van der Waals surface area contributed by atoms with Crippen molar-refractivity contribution in [1.29, 1.82) is 0 Å². The summed E-state index contributed by atoms with van der Waals surface area (Å²) in [7, 11) is 1.60. The zero-order valence-electron chi connectivity index (χ0n) is 10.2. The van der Waals surface area contributed by atoms with E-state index in [-0.39, 0.29) is 11.5 Å². The van der Waals surface area contributed by atoms with E-state index in [4.69, 9.17) is 10.8 Å². The number of nitrogens with two attached hydrogens (primary N) is 1. The number of carbonyl (C=O) groups excluding carboxylic acids is 1. The molecule has 18 heavy (non-hydrogen) atoms. The van der Waals surface area contributed by atoms with Crippen LogP contribution >= 0.6 is 0 Å². The molecular formula is C13H16N2O3. The number of nitrogens with zero attached hydrogens (tertiary/aromatic N) is 1. The van der Waals surface area contributed by atoms with Gasteiger partial charge in [0.25, 0.3) is 0 Å². The highest BCUT2D eigenvalue weighted by Gasteiger charge is 2.18. The van der Waals surface area contributed by atoms with E-state index >= 15 is 0 Å². The van der Waals surface area contributed by atoms with E-state index in [9.17, 15) is 9.59 Å². The quantitative estimate of drug-likeness (QED) is 0.768. The topological polar surface area (TPSA) is 83.6 Å². The summed E-state index contributed by atoms with van der Waals surface area (Å²) in [4.78, 5) is 24.0. The summed E-state index contributed by atoms with van der Waals surface area (Å²) in [5, 5.41) is 8.77. The van der Waals surface area contributed by atoms with Crippen molar-refractivity contribution in [3.05, 3.63) is 42.5 Å². The molecule has 1 amide bonds. The van der Waals surface area contributed by atoms with Gasteiger partial charge in [-0.1, -0.05) is 6.08 Å². The number of aromatic carboxylic acids is 1. The van der Waals surface area contributed by atoms with Crippen molar-refractivity contribution in [2.75, 3.05) is 11.9 Å². The predicted molar refractivity (Wildman–Crippen MR) is 69.6 cm³/mol. The van der Waals surface area contributed by atoms with Crippen LogP contribution in [0.1, 0.15) is 16.8 Å². The van der Waals surface area contributed by atoms with E-state index in [0.29, 0.717) is 12.1 Å². The molecule has 0 fully saturated rings. The number of likely N-dealkylation sites (N-methyl/N-ethyl adjacent to an activating group) is 1. The number of hydrogen-bond donors (Lipinski definition) is 2. The van der Waals surface area contributed by atoms with Gasteiger partial charge in [-0.05, 0) is 30.7 Å². The van der Waals surface area contributed by atoms with Gasteiger partial charge in [0.05, 0.1) is 11.6 Å². The Morgan fingerprint density at radius 2 is 2.00 bits per heavy atom. The summed E-state index contributed by atoms with van der Waals surface area (Å²) in [5.74, 6) is -1.24. The maximum absolute atomic E-state index is 11.9. The molecule has 0 heterocycles.